The molecule has 1 aromatic heterocycles. The quantitative estimate of drug-likeness (QED) is 0.633. The fraction of sp³-hybridized carbons (Fsp3) is 0.158. The standard InChI is InChI=1S/C19H14F3NO3S/c1-11-12-6-2-5-9-15(12)27-17(11)18(25)26-10-16(24)23-14-8-4-3-7-13(14)19(20,21)22/h2-9H,10H2,1H3,(H,23,24). The van der Waals surface area contributed by atoms with Gasteiger partial charge in [-0.15, -0.1) is 11.3 Å². The van der Waals surface area contributed by atoms with E-state index in [0.717, 1.165) is 27.8 Å². The molecular formula is C19H14F3NO3S. The highest BCUT2D eigenvalue weighted by Crippen LogP contribution is 2.34. The summed E-state index contributed by atoms with van der Waals surface area (Å²) in [6.07, 6.45) is -4.60. The summed E-state index contributed by atoms with van der Waals surface area (Å²) in [5.74, 6) is -1.54. The van der Waals surface area contributed by atoms with E-state index in [4.69, 9.17) is 4.74 Å². The Morgan fingerprint density at radius 3 is 2.44 bits per heavy atom. The number of halogens is 3. The molecule has 0 bridgehead atoms. The van der Waals surface area contributed by atoms with Gasteiger partial charge in [-0.2, -0.15) is 13.2 Å². The summed E-state index contributed by atoms with van der Waals surface area (Å²) in [5.41, 5.74) is -0.613. The topological polar surface area (TPSA) is 55.4 Å². The third kappa shape index (κ3) is 4.11. The van der Waals surface area contributed by atoms with Gasteiger partial charge in [0.05, 0.1) is 11.3 Å². The molecule has 0 saturated heterocycles. The minimum Gasteiger partial charge on any atom is -0.451 e. The molecule has 1 heterocycles. The van der Waals surface area contributed by atoms with Gasteiger partial charge in [0.15, 0.2) is 6.61 Å². The monoisotopic (exact) mass is 393 g/mol. The number of para-hydroxylation sites is 1. The normalized spacial score (nSPS) is 11.4. The largest absolute Gasteiger partial charge is 0.451 e. The van der Waals surface area contributed by atoms with Crippen LogP contribution in [0.2, 0.25) is 0 Å². The maximum atomic E-state index is 12.9. The number of anilines is 1. The lowest BCUT2D eigenvalue weighted by Gasteiger charge is -2.13. The summed E-state index contributed by atoms with van der Waals surface area (Å²) in [6.45, 7) is 1.09. The number of benzene rings is 2. The number of rotatable bonds is 4. The smallest absolute Gasteiger partial charge is 0.418 e. The first-order valence-corrected chi connectivity index (χ1v) is 8.70. The number of nitrogens with one attached hydrogen (secondary N) is 1. The third-order valence-corrected chi connectivity index (χ3v) is 5.12. The Hall–Kier alpha value is -2.87. The molecule has 3 aromatic rings. The molecule has 2 aromatic carbocycles. The average molecular weight is 393 g/mol. The van der Waals surface area contributed by atoms with Crippen LogP contribution >= 0.6 is 11.3 Å². The summed E-state index contributed by atoms with van der Waals surface area (Å²) in [7, 11) is 0. The van der Waals surface area contributed by atoms with Crippen molar-refractivity contribution < 1.29 is 27.5 Å². The minimum atomic E-state index is -4.60. The predicted octanol–water partition coefficient (Wildman–Crippen LogP) is 5.02. The fourth-order valence-electron chi connectivity index (χ4n) is 2.59. The van der Waals surface area contributed by atoms with Crippen molar-refractivity contribution in [1.82, 2.24) is 0 Å². The second kappa shape index (κ2) is 7.40. The zero-order chi connectivity index (χ0) is 19.6. The second-order valence-corrected chi connectivity index (χ2v) is 6.77. The molecule has 0 aliphatic rings. The van der Waals surface area contributed by atoms with Crippen LogP contribution in [-0.4, -0.2) is 18.5 Å². The van der Waals surface area contributed by atoms with Gasteiger partial charge in [-0.05, 0) is 36.1 Å². The van der Waals surface area contributed by atoms with Gasteiger partial charge in [0.1, 0.15) is 4.88 Å². The van der Waals surface area contributed by atoms with Crippen LogP contribution in [0, 0.1) is 6.92 Å². The van der Waals surface area contributed by atoms with Crippen molar-refractivity contribution in [3.8, 4) is 0 Å². The molecule has 3 rings (SSSR count). The van der Waals surface area contributed by atoms with Gasteiger partial charge in [-0.25, -0.2) is 4.79 Å². The first kappa shape index (κ1) is 18.9. The first-order valence-electron chi connectivity index (χ1n) is 7.88. The molecule has 0 aliphatic carbocycles. The number of hydrogen-bond donors (Lipinski definition) is 1. The average Bonchev–Trinajstić information content (AvgIpc) is 2.96. The van der Waals surface area contributed by atoms with Crippen LogP contribution in [0.25, 0.3) is 10.1 Å². The summed E-state index contributed by atoms with van der Waals surface area (Å²) >= 11 is 1.24. The molecule has 4 nitrogen and oxygen atoms in total. The number of carbonyl (C=O) groups excluding carboxylic acids is 2. The fourth-order valence-corrected chi connectivity index (χ4v) is 3.69. The number of aryl methyl sites for hydroxylation is 1. The van der Waals surface area contributed by atoms with Gasteiger partial charge in [0.2, 0.25) is 0 Å². The SMILES string of the molecule is Cc1c(C(=O)OCC(=O)Nc2ccccc2C(F)(F)F)sc2ccccc12. The number of esters is 1. The van der Waals surface area contributed by atoms with Gasteiger partial charge in [-0.3, -0.25) is 4.79 Å². The van der Waals surface area contributed by atoms with Crippen LogP contribution in [0.4, 0.5) is 18.9 Å². The number of alkyl halides is 3. The highest BCUT2D eigenvalue weighted by atomic mass is 32.1. The van der Waals surface area contributed by atoms with Crippen molar-refractivity contribution >= 4 is 39.0 Å². The lowest BCUT2D eigenvalue weighted by molar-refractivity contribution is -0.137. The number of thiophene rings is 1. The Labute approximate surface area is 156 Å². The van der Waals surface area contributed by atoms with E-state index in [-0.39, 0.29) is 5.69 Å². The maximum absolute atomic E-state index is 12.9. The van der Waals surface area contributed by atoms with Crippen LogP contribution in [0.5, 0.6) is 0 Å². The van der Waals surface area contributed by atoms with Crippen LogP contribution in [0.15, 0.2) is 48.5 Å². The lowest BCUT2D eigenvalue weighted by Crippen LogP contribution is -2.22. The molecular weight excluding hydrogens is 379 g/mol. The van der Waals surface area contributed by atoms with Crippen LogP contribution in [-0.2, 0) is 15.7 Å². The van der Waals surface area contributed by atoms with Crippen molar-refractivity contribution in [1.29, 1.82) is 0 Å². The van der Waals surface area contributed by atoms with E-state index in [1.165, 1.54) is 23.5 Å². The maximum Gasteiger partial charge on any atom is 0.418 e. The van der Waals surface area contributed by atoms with Crippen molar-refractivity contribution in [3.63, 3.8) is 0 Å². The van der Waals surface area contributed by atoms with Crippen LogP contribution < -0.4 is 5.32 Å². The molecule has 27 heavy (non-hydrogen) atoms. The molecule has 0 saturated carbocycles. The zero-order valence-corrected chi connectivity index (χ0v) is 14.9. The molecule has 0 radical (unpaired) electrons. The van der Waals surface area contributed by atoms with Gasteiger partial charge >= 0.3 is 12.1 Å². The van der Waals surface area contributed by atoms with Gasteiger partial charge in [-0.1, -0.05) is 30.3 Å². The van der Waals surface area contributed by atoms with Crippen LogP contribution in [0.3, 0.4) is 0 Å². The number of fused-ring (bicyclic) bond motifs is 1. The van der Waals surface area contributed by atoms with E-state index in [2.05, 4.69) is 5.32 Å². The Morgan fingerprint density at radius 1 is 1.07 bits per heavy atom. The molecule has 8 heteroatoms. The Kier molecular flexibility index (Phi) is 5.18. The van der Waals surface area contributed by atoms with E-state index in [0.29, 0.717) is 4.88 Å². The number of hydrogen-bond acceptors (Lipinski definition) is 4. The van der Waals surface area contributed by atoms with Crippen molar-refractivity contribution in [2.24, 2.45) is 0 Å². The molecule has 0 unspecified atom stereocenters. The number of carbonyl (C=O) groups is 2. The highest BCUT2D eigenvalue weighted by Gasteiger charge is 2.33. The Balaban J connectivity index is 1.67. The van der Waals surface area contributed by atoms with E-state index in [1.54, 1.807) is 6.92 Å². The van der Waals surface area contributed by atoms with E-state index in [1.807, 2.05) is 24.3 Å². The van der Waals surface area contributed by atoms with E-state index >= 15 is 0 Å². The first-order chi connectivity index (χ1) is 12.8. The van der Waals surface area contributed by atoms with Crippen molar-refractivity contribution in [3.05, 3.63) is 64.5 Å². The highest BCUT2D eigenvalue weighted by molar-refractivity contribution is 7.21. The Bertz CT molecular complexity index is 1010. The number of amides is 1. The molecule has 0 fully saturated rings. The summed E-state index contributed by atoms with van der Waals surface area (Å²) in [6, 6.07) is 12.0. The van der Waals surface area contributed by atoms with Crippen molar-refractivity contribution in [2.75, 3.05) is 11.9 Å². The molecule has 1 N–H and O–H groups in total. The molecule has 140 valence electrons. The molecule has 0 spiro atoms. The second-order valence-electron chi connectivity index (χ2n) is 5.72. The summed E-state index contributed by atoms with van der Waals surface area (Å²) < 4.78 is 44.7. The number of ether oxygens (including phenoxy) is 1. The minimum absolute atomic E-state index is 0.361. The van der Waals surface area contributed by atoms with E-state index in [9.17, 15) is 22.8 Å². The van der Waals surface area contributed by atoms with Crippen molar-refractivity contribution in [2.45, 2.75) is 13.1 Å². The van der Waals surface area contributed by atoms with Gasteiger partial charge < -0.3 is 10.1 Å². The molecule has 1 amide bonds. The molecule has 0 atom stereocenters. The summed E-state index contributed by atoms with van der Waals surface area (Å²) in [5, 5.41) is 3.05. The molecule has 0 aliphatic heterocycles. The third-order valence-electron chi connectivity index (χ3n) is 3.87. The summed E-state index contributed by atoms with van der Waals surface area (Å²) in [4.78, 5) is 24.5. The zero-order valence-electron chi connectivity index (χ0n) is 14.1. The van der Waals surface area contributed by atoms with Gasteiger partial charge in [0, 0.05) is 4.70 Å². The predicted molar refractivity (Wildman–Crippen MR) is 96.9 cm³/mol. The Morgan fingerprint density at radius 2 is 1.74 bits per heavy atom. The lowest BCUT2D eigenvalue weighted by atomic mass is 10.1. The van der Waals surface area contributed by atoms with E-state index < -0.39 is 30.2 Å². The van der Waals surface area contributed by atoms with Crippen LogP contribution in [0.1, 0.15) is 20.8 Å². The van der Waals surface area contributed by atoms with Gasteiger partial charge in [0.25, 0.3) is 5.91 Å².